The standard InChI is InChI=1S/C21H22N2O5S/c1-12(2)10-14-11-29-20(18(14)21(27)28-3)22-19(26)13-4-6-15(7-5-13)23-16(24)8-9-17(23)25/h4-7,11-12H,8-10H2,1-3H3,(H,22,26). The van der Waals surface area contributed by atoms with E-state index < -0.39 is 11.9 Å². The van der Waals surface area contributed by atoms with Crippen molar-refractivity contribution >= 4 is 45.7 Å². The second kappa shape index (κ2) is 8.57. The third-order valence-corrected chi connectivity index (χ3v) is 5.50. The minimum Gasteiger partial charge on any atom is -0.465 e. The van der Waals surface area contributed by atoms with Crippen LogP contribution in [0, 0.1) is 5.92 Å². The molecule has 0 bridgehead atoms. The first-order chi connectivity index (χ1) is 13.8. The molecule has 1 aliphatic heterocycles. The van der Waals surface area contributed by atoms with Crippen molar-refractivity contribution < 1.29 is 23.9 Å². The van der Waals surface area contributed by atoms with Crippen molar-refractivity contribution in [2.75, 3.05) is 17.3 Å². The van der Waals surface area contributed by atoms with Crippen molar-refractivity contribution in [2.24, 2.45) is 5.92 Å². The van der Waals surface area contributed by atoms with Gasteiger partial charge in [0, 0.05) is 18.4 Å². The highest BCUT2D eigenvalue weighted by molar-refractivity contribution is 7.15. The molecule has 2 aromatic rings. The number of hydrogen-bond donors (Lipinski definition) is 1. The molecule has 1 fully saturated rings. The zero-order chi connectivity index (χ0) is 21.1. The summed E-state index contributed by atoms with van der Waals surface area (Å²) in [4.78, 5) is 49.7. The maximum Gasteiger partial charge on any atom is 0.341 e. The first kappa shape index (κ1) is 20.7. The number of carbonyl (C=O) groups excluding carboxylic acids is 4. The molecule has 2 heterocycles. The molecule has 8 heteroatoms. The average Bonchev–Trinajstić information content (AvgIpc) is 3.23. The number of hydrogen-bond acceptors (Lipinski definition) is 6. The molecule has 3 rings (SSSR count). The fourth-order valence-corrected chi connectivity index (χ4v) is 4.16. The first-order valence-corrected chi connectivity index (χ1v) is 10.2. The lowest BCUT2D eigenvalue weighted by Gasteiger charge is -2.14. The van der Waals surface area contributed by atoms with Gasteiger partial charge >= 0.3 is 5.97 Å². The van der Waals surface area contributed by atoms with Crippen molar-refractivity contribution in [3.05, 3.63) is 46.3 Å². The summed E-state index contributed by atoms with van der Waals surface area (Å²) in [5, 5.41) is 5.07. The van der Waals surface area contributed by atoms with Crippen LogP contribution in [0.5, 0.6) is 0 Å². The zero-order valence-electron chi connectivity index (χ0n) is 16.5. The summed E-state index contributed by atoms with van der Waals surface area (Å²) in [6, 6.07) is 6.22. The SMILES string of the molecule is COC(=O)c1c(CC(C)C)csc1NC(=O)c1ccc(N2C(=O)CCC2=O)cc1. The molecular formula is C21H22N2O5S. The van der Waals surface area contributed by atoms with Gasteiger partial charge in [0.25, 0.3) is 5.91 Å². The lowest BCUT2D eigenvalue weighted by Crippen LogP contribution is -2.28. The quantitative estimate of drug-likeness (QED) is 0.575. The highest BCUT2D eigenvalue weighted by atomic mass is 32.1. The van der Waals surface area contributed by atoms with Gasteiger partial charge in [0.1, 0.15) is 5.00 Å². The molecule has 152 valence electrons. The monoisotopic (exact) mass is 414 g/mol. The lowest BCUT2D eigenvalue weighted by atomic mass is 10.0. The minimum absolute atomic E-state index is 0.203. The Balaban J connectivity index is 1.80. The molecule has 0 spiro atoms. The van der Waals surface area contributed by atoms with E-state index in [-0.39, 0.29) is 24.7 Å². The Morgan fingerprint density at radius 3 is 2.31 bits per heavy atom. The van der Waals surface area contributed by atoms with Crippen LogP contribution in [-0.2, 0) is 20.7 Å². The molecule has 1 aromatic carbocycles. The van der Waals surface area contributed by atoms with Gasteiger partial charge in [-0.25, -0.2) is 4.79 Å². The van der Waals surface area contributed by atoms with E-state index in [0.717, 1.165) is 10.5 Å². The molecule has 0 unspecified atom stereocenters. The summed E-state index contributed by atoms with van der Waals surface area (Å²) in [5.74, 6) is -1.02. The van der Waals surface area contributed by atoms with Gasteiger partial charge in [-0.2, -0.15) is 0 Å². The molecule has 1 saturated heterocycles. The molecule has 1 aliphatic rings. The molecule has 0 atom stereocenters. The number of amides is 3. The van der Waals surface area contributed by atoms with Crippen LogP contribution in [0.1, 0.15) is 53.0 Å². The van der Waals surface area contributed by atoms with Crippen molar-refractivity contribution in [3.63, 3.8) is 0 Å². The minimum atomic E-state index is -0.487. The molecule has 29 heavy (non-hydrogen) atoms. The highest BCUT2D eigenvalue weighted by Crippen LogP contribution is 2.31. The number of methoxy groups -OCH3 is 1. The van der Waals surface area contributed by atoms with Gasteiger partial charge in [-0.3, -0.25) is 19.3 Å². The van der Waals surface area contributed by atoms with Gasteiger partial charge in [0.2, 0.25) is 11.8 Å². The van der Waals surface area contributed by atoms with Gasteiger partial charge in [0.05, 0.1) is 18.4 Å². The normalized spacial score (nSPS) is 13.9. The first-order valence-electron chi connectivity index (χ1n) is 9.27. The smallest absolute Gasteiger partial charge is 0.341 e. The van der Waals surface area contributed by atoms with Gasteiger partial charge in [0.15, 0.2) is 0 Å². The van der Waals surface area contributed by atoms with E-state index >= 15 is 0 Å². The van der Waals surface area contributed by atoms with Gasteiger partial charge in [-0.15, -0.1) is 11.3 Å². The number of nitrogens with one attached hydrogen (secondary N) is 1. The molecule has 0 radical (unpaired) electrons. The van der Waals surface area contributed by atoms with Crippen LogP contribution < -0.4 is 10.2 Å². The topological polar surface area (TPSA) is 92.8 Å². The maximum atomic E-state index is 12.7. The predicted molar refractivity (Wildman–Crippen MR) is 110 cm³/mol. The molecule has 7 nitrogen and oxygen atoms in total. The number of esters is 1. The third-order valence-electron chi connectivity index (χ3n) is 4.55. The van der Waals surface area contributed by atoms with Gasteiger partial charge in [-0.05, 0) is 47.5 Å². The van der Waals surface area contributed by atoms with E-state index in [0.29, 0.717) is 34.2 Å². The number of ether oxygens (including phenoxy) is 1. The highest BCUT2D eigenvalue weighted by Gasteiger charge is 2.30. The summed E-state index contributed by atoms with van der Waals surface area (Å²) in [6.07, 6.45) is 1.10. The number of nitrogens with zero attached hydrogens (tertiary/aromatic N) is 1. The second-order valence-corrected chi connectivity index (χ2v) is 8.06. The third kappa shape index (κ3) is 4.37. The summed E-state index contributed by atoms with van der Waals surface area (Å²) < 4.78 is 4.88. The summed E-state index contributed by atoms with van der Waals surface area (Å²) in [6.45, 7) is 4.10. The maximum absolute atomic E-state index is 12.7. The van der Waals surface area contributed by atoms with Crippen LogP contribution >= 0.6 is 11.3 Å². The number of imide groups is 1. The Hall–Kier alpha value is -3.00. The molecule has 3 amide bonds. The number of anilines is 2. The van der Waals surface area contributed by atoms with E-state index in [1.807, 2.05) is 19.2 Å². The summed E-state index contributed by atoms with van der Waals surface area (Å²) >= 11 is 1.28. The Bertz CT molecular complexity index is 946. The molecular weight excluding hydrogens is 392 g/mol. The zero-order valence-corrected chi connectivity index (χ0v) is 17.3. The Morgan fingerprint density at radius 1 is 1.14 bits per heavy atom. The van der Waals surface area contributed by atoms with Crippen LogP contribution in [0.3, 0.4) is 0 Å². The van der Waals surface area contributed by atoms with Gasteiger partial charge in [-0.1, -0.05) is 13.8 Å². The predicted octanol–water partition coefficient (Wildman–Crippen LogP) is 3.64. The van der Waals surface area contributed by atoms with Crippen LogP contribution in [0.2, 0.25) is 0 Å². The second-order valence-electron chi connectivity index (χ2n) is 7.18. The summed E-state index contributed by atoms with van der Waals surface area (Å²) in [7, 11) is 1.31. The number of rotatable bonds is 6. The van der Waals surface area contributed by atoms with Crippen LogP contribution in [0.4, 0.5) is 10.7 Å². The molecule has 0 saturated carbocycles. The van der Waals surface area contributed by atoms with Crippen LogP contribution in [0.25, 0.3) is 0 Å². The van der Waals surface area contributed by atoms with Crippen molar-refractivity contribution in [3.8, 4) is 0 Å². The Labute approximate surface area is 172 Å². The fraction of sp³-hybridized carbons (Fsp3) is 0.333. The van der Waals surface area contributed by atoms with Crippen molar-refractivity contribution in [1.29, 1.82) is 0 Å². The van der Waals surface area contributed by atoms with E-state index in [1.165, 1.54) is 18.4 Å². The summed E-state index contributed by atoms with van der Waals surface area (Å²) in [5.41, 5.74) is 2.01. The van der Waals surface area contributed by atoms with Crippen LogP contribution in [-0.4, -0.2) is 30.8 Å². The largest absolute Gasteiger partial charge is 0.465 e. The average molecular weight is 414 g/mol. The fourth-order valence-electron chi connectivity index (χ4n) is 3.20. The Morgan fingerprint density at radius 2 is 1.76 bits per heavy atom. The molecule has 1 N–H and O–H groups in total. The van der Waals surface area contributed by atoms with E-state index in [2.05, 4.69) is 5.32 Å². The number of benzene rings is 1. The van der Waals surface area contributed by atoms with E-state index in [1.54, 1.807) is 24.3 Å². The number of thiophene rings is 1. The number of carbonyl (C=O) groups is 4. The van der Waals surface area contributed by atoms with Crippen LogP contribution in [0.15, 0.2) is 29.6 Å². The van der Waals surface area contributed by atoms with E-state index in [9.17, 15) is 19.2 Å². The molecule has 1 aromatic heterocycles. The van der Waals surface area contributed by atoms with Crippen molar-refractivity contribution in [2.45, 2.75) is 33.1 Å². The molecule has 0 aliphatic carbocycles. The van der Waals surface area contributed by atoms with E-state index in [4.69, 9.17) is 4.74 Å². The van der Waals surface area contributed by atoms with Gasteiger partial charge < -0.3 is 10.1 Å². The van der Waals surface area contributed by atoms with Crippen molar-refractivity contribution in [1.82, 2.24) is 0 Å². The lowest BCUT2D eigenvalue weighted by molar-refractivity contribution is -0.121. The Kier molecular flexibility index (Phi) is 6.12.